The third kappa shape index (κ3) is 8.29. The van der Waals surface area contributed by atoms with Crippen molar-refractivity contribution in [3.05, 3.63) is 0 Å². The van der Waals surface area contributed by atoms with Crippen LogP contribution in [0.3, 0.4) is 0 Å². The molecule has 0 rings (SSSR count). The fourth-order valence-electron chi connectivity index (χ4n) is 0.191. The van der Waals surface area contributed by atoms with Crippen molar-refractivity contribution in [1.82, 2.24) is 0 Å². The first-order valence-electron chi connectivity index (χ1n) is 1.84. The zero-order chi connectivity index (χ0) is 7.49. The van der Waals surface area contributed by atoms with Crippen LogP contribution in [-0.4, -0.2) is 12.1 Å². The molecule has 0 saturated carbocycles. The van der Waals surface area contributed by atoms with Crippen LogP contribution < -0.4 is 0 Å². The number of hydrogen-bond acceptors (Lipinski definition) is 2. The molecule has 0 aliphatic heterocycles. The molecule has 0 heterocycles. The summed E-state index contributed by atoms with van der Waals surface area (Å²) in [6.07, 6.45) is -6.58. The molecule has 0 fully saturated rings. The van der Waals surface area contributed by atoms with E-state index in [4.69, 9.17) is 0 Å². The molecule has 0 saturated heterocycles. The molecule has 0 unspecified atom stereocenters. The minimum Gasteiger partial charge on any atom is -0.255 e. The van der Waals surface area contributed by atoms with E-state index < -0.39 is 18.6 Å². The molecular weight excluding hydrogens is 233 g/mol. The minimum atomic E-state index is -4.69. The summed E-state index contributed by atoms with van der Waals surface area (Å²) in [6, 6.07) is 0. The predicted molar refractivity (Wildman–Crippen MR) is 17.9 cm³/mol. The van der Waals surface area contributed by atoms with E-state index in [-0.39, 0.29) is 32.7 Å². The Morgan fingerprint density at radius 1 is 1.40 bits per heavy atom. The van der Waals surface area contributed by atoms with Crippen LogP contribution in [0.25, 0.3) is 0 Å². The molecule has 0 aliphatic carbocycles. The molecule has 1 radical (unpaired) electrons. The van der Waals surface area contributed by atoms with Gasteiger partial charge in [0, 0.05) is 37.2 Å². The van der Waals surface area contributed by atoms with E-state index in [1.54, 1.807) is 0 Å². The number of hydrogen-bond donors (Lipinski definition) is 0. The normalized spacial score (nSPS) is 10.0. The van der Waals surface area contributed by atoms with Gasteiger partial charge < -0.3 is 0 Å². The van der Waals surface area contributed by atoms with Gasteiger partial charge in [-0.25, -0.2) is 4.79 Å². The van der Waals surface area contributed by atoms with E-state index in [0.29, 0.717) is 0 Å². The van der Waals surface area contributed by atoms with Gasteiger partial charge in [0.2, 0.25) is 0 Å². The number of carbonyl (C=O) groups excluding carboxylic acids is 1. The summed E-state index contributed by atoms with van der Waals surface area (Å²) in [7, 11) is 0. The third-order valence-corrected chi connectivity index (χ3v) is 0.431. The van der Waals surface area contributed by atoms with Crippen molar-refractivity contribution >= 4 is 5.97 Å². The summed E-state index contributed by atoms with van der Waals surface area (Å²) in [5, 5.41) is 0. The molecule has 0 bridgehead atoms. The second kappa shape index (κ2) is 5.01. The topological polar surface area (TPSA) is 26.3 Å². The van der Waals surface area contributed by atoms with Crippen LogP contribution in [0.15, 0.2) is 0 Å². The van der Waals surface area contributed by atoms with Gasteiger partial charge in [0.1, 0.15) is 6.42 Å². The van der Waals surface area contributed by atoms with Crippen molar-refractivity contribution in [3.8, 4) is 0 Å². The van der Waals surface area contributed by atoms with E-state index in [9.17, 15) is 22.5 Å². The van der Waals surface area contributed by atoms with Gasteiger partial charge in [-0.1, -0.05) is 0 Å². The zero-order valence-corrected chi connectivity index (χ0v) is 7.45. The summed E-state index contributed by atoms with van der Waals surface area (Å²) < 4.78 is 43.6. The fourth-order valence-corrected chi connectivity index (χ4v) is 0.191. The monoisotopic (exact) mass is 235 g/mol. The summed E-state index contributed by atoms with van der Waals surface area (Å²) >= 11 is 0. The van der Waals surface area contributed by atoms with Crippen LogP contribution in [0, 0.1) is 0 Å². The van der Waals surface area contributed by atoms with Crippen LogP contribution in [0.1, 0.15) is 6.42 Å². The van der Waals surface area contributed by atoms with E-state index in [0.717, 1.165) is 0 Å². The number of rotatable bonds is 1. The Kier molecular flexibility index (Phi) is 6.48. The van der Waals surface area contributed by atoms with E-state index in [2.05, 4.69) is 4.94 Å². The molecule has 0 N–H and O–H groups in total. The van der Waals surface area contributed by atoms with Gasteiger partial charge >= 0.3 is 12.1 Å². The average Bonchev–Trinajstić information content (AvgIpc) is 1.62. The van der Waals surface area contributed by atoms with Crippen LogP contribution in [0.4, 0.5) is 17.7 Å². The second-order valence-electron chi connectivity index (χ2n) is 1.24. The molecule has 0 aromatic carbocycles. The first-order chi connectivity index (χ1) is 3.95. The standard InChI is InChI=1S/C3H2F4O2.Y/c4-3(5,6)1-2(8)9-7;/h1H2;. The quantitative estimate of drug-likeness (QED) is 0.641. The molecule has 57 valence electrons. The van der Waals surface area contributed by atoms with Crippen LogP contribution in [0.2, 0.25) is 0 Å². The largest absolute Gasteiger partial charge is 0.399 e. The summed E-state index contributed by atoms with van der Waals surface area (Å²) in [4.78, 5) is 11.8. The first-order valence-corrected chi connectivity index (χ1v) is 1.84. The van der Waals surface area contributed by atoms with Crippen LogP contribution in [-0.2, 0) is 42.4 Å². The summed E-state index contributed by atoms with van der Waals surface area (Å²) in [6.45, 7) is 0. The molecule has 0 aliphatic rings. The van der Waals surface area contributed by atoms with E-state index in [1.165, 1.54) is 0 Å². The maximum Gasteiger partial charge on any atom is 0.399 e. The SMILES string of the molecule is O=C(CC(F)(F)F)OF.[Y]. The van der Waals surface area contributed by atoms with Crippen molar-refractivity contribution in [2.45, 2.75) is 12.6 Å². The molecule has 0 amide bonds. The van der Waals surface area contributed by atoms with Gasteiger partial charge in [-0.05, 0) is 0 Å². The Labute approximate surface area is 78.7 Å². The van der Waals surface area contributed by atoms with Crippen LogP contribution >= 0.6 is 0 Å². The number of alkyl halides is 3. The molecule has 2 nitrogen and oxygen atoms in total. The van der Waals surface area contributed by atoms with E-state index >= 15 is 0 Å². The Bertz CT molecular complexity index is 112. The van der Waals surface area contributed by atoms with Gasteiger partial charge in [-0.2, -0.15) is 13.2 Å². The molecule has 7 heteroatoms. The Morgan fingerprint density at radius 2 is 1.80 bits per heavy atom. The maximum atomic E-state index is 11.0. The number of halogens is 4. The third-order valence-electron chi connectivity index (χ3n) is 0.431. The Hall–Kier alpha value is 0.294. The van der Waals surface area contributed by atoms with Gasteiger partial charge in [0.05, 0.1) is 0 Å². The Morgan fingerprint density at radius 3 is 1.90 bits per heavy atom. The summed E-state index contributed by atoms with van der Waals surface area (Å²) in [5.41, 5.74) is 0. The number of carbonyl (C=O) groups is 1. The molecule has 10 heavy (non-hydrogen) atoms. The second-order valence-corrected chi connectivity index (χ2v) is 1.24. The van der Waals surface area contributed by atoms with E-state index in [1.807, 2.05) is 0 Å². The van der Waals surface area contributed by atoms with Crippen molar-refractivity contribution in [3.63, 3.8) is 0 Å². The Balaban J connectivity index is 0. The molecule has 0 aromatic rings. The van der Waals surface area contributed by atoms with Crippen molar-refractivity contribution in [2.75, 3.05) is 0 Å². The molecule has 0 atom stereocenters. The van der Waals surface area contributed by atoms with Crippen LogP contribution in [0.5, 0.6) is 0 Å². The minimum absolute atomic E-state index is 0. The maximum absolute atomic E-state index is 11.0. The predicted octanol–water partition coefficient (Wildman–Crippen LogP) is 1.36. The first kappa shape index (κ1) is 12.9. The van der Waals surface area contributed by atoms with Gasteiger partial charge in [0.25, 0.3) is 0 Å². The molecule has 0 aromatic heterocycles. The van der Waals surface area contributed by atoms with Gasteiger partial charge in [-0.3, -0.25) is 4.94 Å². The van der Waals surface area contributed by atoms with Crippen molar-refractivity contribution < 1.29 is 60.1 Å². The fraction of sp³-hybridized carbons (Fsp3) is 0.667. The van der Waals surface area contributed by atoms with Crippen molar-refractivity contribution in [1.29, 1.82) is 0 Å². The van der Waals surface area contributed by atoms with Gasteiger partial charge in [0.15, 0.2) is 0 Å². The zero-order valence-electron chi connectivity index (χ0n) is 4.61. The molecular formula is C3H2F4O2Y. The smallest absolute Gasteiger partial charge is 0.255 e. The van der Waals surface area contributed by atoms with Crippen molar-refractivity contribution in [2.24, 2.45) is 0 Å². The van der Waals surface area contributed by atoms with Gasteiger partial charge in [-0.15, -0.1) is 0 Å². The average molecular weight is 235 g/mol. The summed E-state index contributed by atoms with van der Waals surface area (Å²) in [5.74, 6) is -1.93. The molecule has 0 spiro atoms.